The number of aromatic nitrogens is 2. The quantitative estimate of drug-likeness (QED) is 0.942. The van der Waals surface area contributed by atoms with Crippen molar-refractivity contribution in [1.29, 1.82) is 0 Å². The van der Waals surface area contributed by atoms with Gasteiger partial charge in [-0.05, 0) is 42.8 Å². The molecule has 2 aromatic heterocycles. The smallest absolute Gasteiger partial charge is 0.123 e. The Bertz CT molecular complexity index is 533. The summed E-state index contributed by atoms with van der Waals surface area (Å²) in [7, 11) is 0. The molecule has 1 unspecified atom stereocenters. The van der Waals surface area contributed by atoms with E-state index in [0.29, 0.717) is 0 Å². The molecule has 92 valence electrons. The number of aliphatic hydroxyl groups is 1. The van der Waals surface area contributed by atoms with E-state index >= 15 is 0 Å². The molecule has 2 rings (SSSR count). The molecule has 0 amide bonds. The summed E-state index contributed by atoms with van der Waals surface area (Å²) in [6.07, 6.45) is 1.12. The zero-order chi connectivity index (χ0) is 12.6. The van der Waals surface area contributed by atoms with Crippen molar-refractivity contribution in [3.8, 4) is 0 Å². The Hall–Kier alpha value is -0.650. The Morgan fingerprint density at radius 1 is 1.53 bits per heavy atom. The Labute approximate surface area is 113 Å². The van der Waals surface area contributed by atoms with Crippen LogP contribution in [0.15, 0.2) is 16.7 Å². The highest BCUT2D eigenvalue weighted by molar-refractivity contribution is 9.10. The van der Waals surface area contributed by atoms with Crippen molar-refractivity contribution in [1.82, 2.24) is 9.78 Å². The van der Waals surface area contributed by atoms with Gasteiger partial charge in [0.15, 0.2) is 0 Å². The second-order valence-corrected chi connectivity index (χ2v) is 6.28. The van der Waals surface area contributed by atoms with Crippen molar-refractivity contribution < 1.29 is 5.11 Å². The van der Waals surface area contributed by atoms with E-state index < -0.39 is 6.10 Å². The fraction of sp³-hybridized carbons (Fsp3) is 0.417. The van der Waals surface area contributed by atoms with Gasteiger partial charge in [0.25, 0.3) is 0 Å². The molecular weight excluding hydrogens is 300 g/mol. The molecule has 0 aromatic carbocycles. The van der Waals surface area contributed by atoms with E-state index in [1.54, 1.807) is 17.5 Å². The van der Waals surface area contributed by atoms with Gasteiger partial charge in [-0.15, -0.1) is 11.3 Å². The highest BCUT2D eigenvalue weighted by Crippen LogP contribution is 2.33. The highest BCUT2D eigenvalue weighted by Gasteiger charge is 2.21. The summed E-state index contributed by atoms with van der Waals surface area (Å²) in [4.78, 5) is 2.38. The third-order valence-electron chi connectivity index (χ3n) is 2.77. The second-order valence-electron chi connectivity index (χ2n) is 3.96. The number of halogens is 1. The van der Waals surface area contributed by atoms with Crippen LogP contribution in [0.1, 0.15) is 34.0 Å². The molecule has 0 bridgehead atoms. The zero-order valence-electron chi connectivity index (χ0n) is 10.1. The van der Waals surface area contributed by atoms with E-state index in [-0.39, 0.29) is 0 Å². The summed E-state index contributed by atoms with van der Waals surface area (Å²) < 4.78 is 2.68. The predicted molar refractivity (Wildman–Crippen MR) is 73.5 cm³/mol. The minimum absolute atomic E-state index is 0.614. The first-order valence-electron chi connectivity index (χ1n) is 5.50. The maximum absolute atomic E-state index is 10.5. The molecule has 17 heavy (non-hydrogen) atoms. The lowest BCUT2D eigenvalue weighted by Gasteiger charge is -2.13. The number of nitrogens with zero attached hydrogens (tertiary/aromatic N) is 2. The minimum atomic E-state index is -0.614. The molecular formula is C12H15BrN2OS. The number of hydrogen-bond donors (Lipinski definition) is 1. The Morgan fingerprint density at radius 3 is 2.76 bits per heavy atom. The number of aryl methyl sites for hydroxylation is 3. The molecule has 0 saturated carbocycles. The highest BCUT2D eigenvalue weighted by atomic mass is 79.9. The molecule has 5 heteroatoms. The maximum Gasteiger partial charge on any atom is 0.123 e. The van der Waals surface area contributed by atoms with Crippen LogP contribution in [0.4, 0.5) is 0 Å². The number of aliphatic hydroxyl groups excluding tert-OH is 1. The molecule has 1 N–H and O–H groups in total. The molecule has 2 heterocycles. The van der Waals surface area contributed by atoms with Gasteiger partial charge in [0, 0.05) is 21.9 Å². The average molecular weight is 315 g/mol. The Morgan fingerprint density at radius 2 is 2.24 bits per heavy atom. The van der Waals surface area contributed by atoms with Crippen LogP contribution >= 0.6 is 27.3 Å². The SMILES string of the molecule is CCn1ncc(Br)c1C(O)c1cc(C)sc1C. The fourth-order valence-corrected chi connectivity index (χ4v) is 3.44. The van der Waals surface area contributed by atoms with Crippen molar-refractivity contribution in [2.24, 2.45) is 0 Å². The normalized spacial score (nSPS) is 13.0. The number of thiophene rings is 1. The van der Waals surface area contributed by atoms with Gasteiger partial charge in [-0.2, -0.15) is 5.10 Å². The summed E-state index contributed by atoms with van der Waals surface area (Å²) in [6.45, 7) is 6.86. The zero-order valence-corrected chi connectivity index (χ0v) is 12.5. The van der Waals surface area contributed by atoms with Crippen molar-refractivity contribution in [3.63, 3.8) is 0 Å². The summed E-state index contributed by atoms with van der Waals surface area (Å²) >= 11 is 5.16. The summed E-state index contributed by atoms with van der Waals surface area (Å²) in [5.74, 6) is 0. The molecule has 0 aliphatic rings. The fourth-order valence-electron chi connectivity index (χ4n) is 1.97. The maximum atomic E-state index is 10.5. The van der Waals surface area contributed by atoms with Gasteiger partial charge in [-0.3, -0.25) is 4.68 Å². The van der Waals surface area contributed by atoms with E-state index in [0.717, 1.165) is 27.2 Å². The monoisotopic (exact) mass is 314 g/mol. The van der Waals surface area contributed by atoms with Gasteiger partial charge < -0.3 is 5.11 Å². The van der Waals surface area contributed by atoms with E-state index in [9.17, 15) is 5.11 Å². The third kappa shape index (κ3) is 2.32. The molecule has 0 saturated heterocycles. The molecule has 1 atom stereocenters. The predicted octanol–water partition coefficient (Wildman–Crippen LogP) is 3.43. The largest absolute Gasteiger partial charge is 0.382 e. The first kappa shape index (κ1) is 12.8. The molecule has 0 spiro atoms. The summed E-state index contributed by atoms with van der Waals surface area (Å²) in [6, 6.07) is 2.05. The topological polar surface area (TPSA) is 38.0 Å². The minimum Gasteiger partial charge on any atom is -0.382 e. The molecule has 0 radical (unpaired) electrons. The van der Waals surface area contributed by atoms with Crippen molar-refractivity contribution in [2.75, 3.05) is 0 Å². The number of hydrogen-bond acceptors (Lipinski definition) is 3. The van der Waals surface area contributed by atoms with Crippen LogP contribution in [0.5, 0.6) is 0 Å². The van der Waals surface area contributed by atoms with Gasteiger partial charge in [0.05, 0.1) is 16.4 Å². The Balaban J connectivity index is 2.46. The van der Waals surface area contributed by atoms with Crippen LogP contribution in [-0.4, -0.2) is 14.9 Å². The van der Waals surface area contributed by atoms with Crippen molar-refractivity contribution in [2.45, 2.75) is 33.4 Å². The lowest BCUT2D eigenvalue weighted by molar-refractivity contribution is 0.207. The standard InChI is InChI=1S/C12H15BrN2OS/c1-4-15-11(10(13)6-14-15)12(16)9-5-7(2)17-8(9)3/h5-6,12,16H,4H2,1-3H3. The van der Waals surface area contributed by atoms with Crippen molar-refractivity contribution in [3.05, 3.63) is 37.7 Å². The van der Waals surface area contributed by atoms with E-state index in [1.807, 2.05) is 24.6 Å². The lowest BCUT2D eigenvalue weighted by Crippen LogP contribution is -2.09. The molecule has 0 aliphatic carbocycles. The van der Waals surface area contributed by atoms with E-state index in [1.165, 1.54) is 4.88 Å². The molecule has 0 aliphatic heterocycles. The van der Waals surface area contributed by atoms with Gasteiger partial charge in [-0.25, -0.2) is 0 Å². The first-order chi connectivity index (χ1) is 8.04. The van der Waals surface area contributed by atoms with E-state index in [4.69, 9.17) is 0 Å². The summed E-state index contributed by atoms with van der Waals surface area (Å²) in [5.41, 5.74) is 1.80. The van der Waals surface area contributed by atoms with Gasteiger partial charge in [-0.1, -0.05) is 0 Å². The number of rotatable bonds is 3. The van der Waals surface area contributed by atoms with Crippen LogP contribution in [0.3, 0.4) is 0 Å². The molecule has 2 aromatic rings. The third-order valence-corrected chi connectivity index (χ3v) is 4.36. The second kappa shape index (κ2) is 4.92. The van der Waals surface area contributed by atoms with Gasteiger partial charge >= 0.3 is 0 Å². The summed E-state index contributed by atoms with van der Waals surface area (Å²) in [5, 5.41) is 14.7. The van der Waals surface area contributed by atoms with Crippen LogP contribution in [0.25, 0.3) is 0 Å². The first-order valence-corrected chi connectivity index (χ1v) is 7.11. The van der Waals surface area contributed by atoms with Gasteiger partial charge in [0.2, 0.25) is 0 Å². The van der Waals surface area contributed by atoms with Crippen LogP contribution in [0, 0.1) is 13.8 Å². The average Bonchev–Trinajstić information content (AvgIpc) is 2.80. The van der Waals surface area contributed by atoms with Crippen molar-refractivity contribution >= 4 is 27.3 Å². The van der Waals surface area contributed by atoms with Crippen LogP contribution < -0.4 is 0 Å². The van der Waals surface area contributed by atoms with E-state index in [2.05, 4.69) is 28.0 Å². The van der Waals surface area contributed by atoms with Crippen LogP contribution in [-0.2, 0) is 6.54 Å². The molecule has 3 nitrogen and oxygen atoms in total. The molecule has 0 fully saturated rings. The van der Waals surface area contributed by atoms with Crippen LogP contribution in [0.2, 0.25) is 0 Å². The lowest BCUT2D eigenvalue weighted by atomic mass is 10.1. The van der Waals surface area contributed by atoms with Gasteiger partial charge in [0.1, 0.15) is 6.10 Å². The Kier molecular flexibility index (Phi) is 3.70.